The Balaban J connectivity index is 1.49. The standard InChI is InChI=1S/C20H31N3O2/c24-16-20(11-3-4-12-20)21-15-19(25)22-17-7-9-18(10-8-17)23-13-5-1-2-6-14-23/h7-10,21,24H,1-6,11-16H2,(H,22,25). The molecule has 138 valence electrons. The lowest BCUT2D eigenvalue weighted by molar-refractivity contribution is -0.115. The van der Waals surface area contributed by atoms with E-state index in [-0.39, 0.29) is 24.6 Å². The minimum atomic E-state index is -0.256. The summed E-state index contributed by atoms with van der Waals surface area (Å²) in [5.74, 6) is -0.0535. The molecule has 1 heterocycles. The molecule has 3 N–H and O–H groups in total. The van der Waals surface area contributed by atoms with Crippen molar-refractivity contribution in [1.82, 2.24) is 5.32 Å². The third kappa shape index (κ3) is 4.95. The Morgan fingerprint density at radius 1 is 1.00 bits per heavy atom. The molecule has 1 aliphatic heterocycles. The number of carbonyl (C=O) groups excluding carboxylic acids is 1. The number of hydrogen-bond acceptors (Lipinski definition) is 4. The molecule has 0 radical (unpaired) electrons. The molecule has 5 nitrogen and oxygen atoms in total. The van der Waals surface area contributed by atoms with Crippen molar-refractivity contribution in [2.24, 2.45) is 0 Å². The van der Waals surface area contributed by atoms with Crippen LogP contribution in [0, 0.1) is 0 Å². The first-order valence-electron chi connectivity index (χ1n) is 9.72. The van der Waals surface area contributed by atoms with E-state index in [0.29, 0.717) is 0 Å². The molecule has 1 amide bonds. The zero-order chi connectivity index (χ0) is 17.5. The van der Waals surface area contributed by atoms with Crippen LogP contribution in [0.15, 0.2) is 24.3 Å². The lowest BCUT2D eigenvalue weighted by Crippen LogP contribution is -2.49. The smallest absolute Gasteiger partial charge is 0.238 e. The first-order chi connectivity index (χ1) is 12.2. The third-order valence-corrected chi connectivity index (χ3v) is 5.61. The van der Waals surface area contributed by atoms with Crippen molar-refractivity contribution in [2.45, 2.75) is 56.9 Å². The van der Waals surface area contributed by atoms with Crippen molar-refractivity contribution in [3.63, 3.8) is 0 Å². The summed E-state index contributed by atoms with van der Waals surface area (Å²) < 4.78 is 0. The Bertz CT molecular complexity index is 545. The average Bonchev–Trinajstić information content (AvgIpc) is 2.95. The highest BCUT2D eigenvalue weighted by molar-refractivity contribution is 5.92. The van der Waals surface area contributed by atoms with E-state index in [0.717, 1.165) is 44.5 Å². The largest absolute Gasteiger partial charge is 0.394 e. The van der Waals surface area contributed by atoms with Crippen molar-refractivity contribution in [2.75, 3.05) is 36.5 Å². The minimum absolute atomic E-state index is 0.0535. The van der Waals surface area contributed by atoms with Gasteiger partial charge in [-0.25, -0.2) is 0 Å². The van der Waals surface area contributed by atoms with Crippen molar-refractivity contribution in [3.8, 4) is 0 Å². The van der Waals surface area contributed by atoms with Crippen LogP contribution in [-0.2, 0) is 4.79 Å². The molecule has 25 heavy (non-hydrogen) atoms. The molecule has 1 saturated carbocycles. The summed E-state index contributed by atoms with van der Waals surface area (Å²) in [6.45, 7) is 2.59. The minimum Gasteiger partial charge on any atom is -0.394 e. The Labute approximate surface area is 150 Å². The second-order valence-corrected chi connectivity index (χ2v) is 7.50. The van der Waals surface area contributed by atoms with Crippen LogP contribution < -0.4 is 15.5 Å². The van der Waals surface area contributed by atoms with E-state index in [1.165, 1.54) is 31.4 Å². The molecular weight excluding hydrogens is 314 g/mol. The van der Waals surface area contributed by atoms with Crippen LogP contribution in [0.25, 0.3) is 0 Å². The molecular formula is C20H31N3O2. The van der Waals surface area contributed by atoms with Crippen molar-refractivity contribution in [1.29, 1.82) is 0 Å². The first kappa shape index (κ1) is 18.2. The number of hydrogen-bond donors (Lipinski definition) is 3. The van der Waals surface area contributed by atoms with E-state index in [1.54, 1.807) is 0 Å². The lowest BCUT2D eigenvalue weighted by Gasteiger charge is -2.27. The van der Waals surface area contributed by atoms with Crippen LogP contribution in [0.1, 0.15) is 51.4 Å². The topological polar surface area (TPSA) is 64.6 Å². The summed E-state index contributed by atoms with van der Waals surface area (Å²) >= 11 is 0. The summed E-state index contributed by atoms with van der Waals surface area (Å²) in [5.41, 5.74) is 1.81. The van der Waals surface area contributed by atoms with E-state index < -0.39 is 0 Å². The van der Waals surface area contributed by atoms with E-state index in [9.17, 15) is 9.90 Å². The lowest BCUT2D eigenvalue weighted by atomic mass is 9.99. The number of aliphatic hydroxyl groups excluding tert-OH is 1. The summed E-state index contributed by atoms with van der Waals surface area (Å²) in [7, 11) is 0. The number of nitrogens with zero attached hydrogens (tertiary/aromatic N) is 1. The zero-order valence-electron chi connectivity index (χ0n) is 15.1. The monoisotopic (exact) mass is 345 g/mol. The number of amides is 1. The number of nitrogens with one attached hydrogen (secondary N) is 2. The number of rotatable bonds is 6. The molecule has 0 spiro atoms. The maximum Gasteiger partial charge on any atom is 0.238 e. The number of aliphatic hydroxyl groups is 1. The molecule has 5 heteroatoms. The molecule has 0 atom stereocenters. The van der Waals surface area contributed by atoms with Gasteiger partial charge in [-0.2, -0.15) is 0 Å². The van der Waals surface area contributed by atoms with E-state index >= 15 is 0 Å². The summed E-state index contributed by atoms with van der Waals surface area (Å²) in [5, 5.41) is 15.8. The van der Waals surface area contributed by atoms with Gasteiger partial charge in [-0.3, -0.25) is 4.79 Å². The Morgan fingerprint density at radius 3 is 2.24 bits per heavy atom. The summed E-state index contributed by atoms with van der Waals surface area (Å²) in [6, 6.07) is 8.16. The van der Waals surface area contributed by atoms with Gasteiger partial charge in [0.1, 0.15) is 0 Å². The Morgan fingerprint density at radius 2 is 1.64 bits per heavy atom. The molecule has 1 saturated heterocycles. The van der Waals surface area contributed by atoms with E-state index in [1.807, 2.05) is 12.1 Å². The van der Waals surface area contributed by atoms with Gasteiger partial charge >= 0.3 is 0 Å². The van der Waals surface area contributed by atoms with Crippen LogP contribution in [0.5, 0.6) is 0 Å². The average molecular weight is 345 g/mol. The highest BCUT2D eigenvalue weighted by Crippen LogP contribution is 2.29. The van der Waals surface area contributed by atoms with Gasteiger partial charge in [-0.15, -0.1) is 0 Å². The number of anilines is 2. The van der Waals surface area contributed by atoms with Crippen LogP contribution >= 0.6 is 0 Å². The van der Waals surface area contributed by atoms with Crippen LogP contribution in [0.2, 0.25) is 0 Å². The molecule has 1 aromatic carbocycles. The predicted molar refractivity (Wildman–Crippen MR) is 102 cm³/mol. The Kier molecular flexibility index (Phi) is 6.32. The fourth-order valence-electron chi connectivity index (χ4n) is 4.00. The maximum atomic E-state index is 12.2. The quantitative estimate of drug-likeness (QED) is 0.742. The highest BCUT2D eigenvalue weighted by Gasteiger charge is 2.32. The molecule has 2 fully saturated rings. The summed E-state index contributed by atoms with van der Waals surface area (Å²) in [4.78, 5) is 14.6. The molecule has 2 aliphatic rings. The van der Waals surface area contributed by atoms with Gasteiger partial charge in [0, 0.05) is 30.0 Å². The first-order valence-corrected chi connectivity index (χ1v) is 9.72. The van der Waals surface area contributed by atoms with Crippen molar-refractivity contribution in [3.05, 3.63) is 24.3 Å². The molecule has 3 rings (SSSR count). The predicted octanol–water partition coefficient (Wildman–Crippen LogP) is 2.90. The molecule has 0 unspecified atom stereocenters. The number of carbonyl (C=O) groups is 1. The van der Waals surface area contributed by atoms with E-state index in [4.69, 9.17) is 0 Å². The molecule has 0 aromatic heterocycles. The van der Waals surface area contributed by atoms with Gasteiger partial charge in [0.15, 0.2) is 0 Å². The highest BCUT2D eigenvalue weighted by atomic mass is 16.3. The zero-order valence-corrected chi connectivity index (χ0v) is 15.1. The normalized spacial score (nSPS) is 20.3. The van der Waals surface area contributed by atoms with Gasteiger partial charge in [-0.05, 0) is 49.9 Å². The van der Waals surface area contributed by atoms with Crippen molar-refractivity contribution < 1.29 is 9.90 Å². The third-order valence-electron chi connectivity index (χ3n) is 5.61. The second-order valence-electron chi connectivity index (χ2n) is 7.50. The molecule has 1 aliphatic carbocycles. The maximum absolute atomic E-state index is 12.2. The molecule has 1 aromatic rings. The van der Waals surface area contributed by atoms with Crippen LogP contribution in [0.3, 0.4) is 0 Å². The molecule has 0 bridgehead atoms. The van der Waals surface area contributed by atoms with Gasteiger partial charge < -0.3 is 20.6 Å². The fourth-order valence-corrected chi connectivity index (χ4v) is 4.00. The Hall–Kier alpha value is -1.59. The van der Waals surface area contributed by atoms with Crippen LogP contribution in [0.4, 0.5) is 11.4 Å². The van der Waals surface area contributed by atoms with Gasteiger partial charge in [-0.1, -0.05) is 25.7 Å². The second kappa shape index (κ2) is 8.68. The SMILES string of the molecule is O=C(CNC1(CO)CCCC1)Nc1ccc(N2CCCCCC2)cc1. The fraction of sp³-hybridized carbons (Fsp3) is 0.650. The van der Waals surface area contributed by atoms with E-state index in [2.05, 4.69) is 27.7 Å². The van der Waals surface area contributed by atoms with Gasteiger partial charge in [0.25, 0.3) is 0 Å². The number of benzene rings is 1. The van der Waals surface area contributed by atoms with Gasteiger partial charge in [0.2, 0.25) is 5.91 Å². The summed E-state index contributed by atoms with van der Waals surface area (Å²) in [6.07, 6.45) is 9.30. The van der Waals surface area contributed by atoms with Gasteiger partial charge in [0.05, 0.1) is 13.2 Å². The van der Waals surface area contributed by atoms with Crippen molar-refractivity contribution >= 4 is 17.3 Å². The van der Waals surface area contributed by atoms with Crippen LogP contribution in [-0.4, -0.2) is 42.8 Å².